The van der Waals surface area contributed by atoms with Gasteiger partial charge in [0.05, 0.1) is 11.8 Å². The van der Waals surface area contributed by atoms with E-state index in [1.165, 1.54) is 9.80 Å². The number of thiocarbonyl (C=S) groups is 1. The first-order valence-corrected chi connectivity index (χ1v) is 10.1. The van der Waals surface area contributed by atoms with E-state index in [-0.39, 0.29) is 22.7 Å². The maximum Gasteiger partial charge on any atom is 0.270 e. The number of benzene rings is 2. The van der Waals surface area contributed by atoms with Crippen molar-refractivity contribution in [3.63, 3.8) is 0 Å². The molecule has 0 N–H and O–H groups in total. The van der Waals surface area contributed by atoms with Gasteiger partial charge in [0.15, 0.2) is 5.11 Å². The Kier molecular flexibility index (Phi) is 6.44. The number of para-hydroxylation sites is 1. The Morgan fingerprint density at radius 1 is 1.00 bits per heavy atom. The van der Waals surface area contributed by atoms with Gasteiger partial charge in [-0.05, 0) is 68.4 Å². The molecule has 0 bridgehead atoms. The zero-order valence-electron chi connectivity index (χ0n) is 16.8. The topological polar surface area (TPSA) is 49.9 Å². The van der Waals surface area contributed by atoms with Crippen molar-refractivity contribution in [1.82, 2.24) is 4.90 Å². The van der Waals surface area contributed by atoms with E-state index in [1.54, 1.807) is 18.2 Å². The van der Waals surface area contributed by atoms with Gasteiger partial charge in [0.25, 0.3) is 11.8 Å². The molecule has 29 heavy (non-hydrogen) atoms. The second-order valence-corrected chi connectivity index (χ2v) is 7.37. The Balaban J connectivity index is 1.99. The molecule has 2 aromatic carbocycles. The maximum absolute atomic E-state index is 13.2. The third-order valence-electron chi connectivity index (χ3n) is 4.36. The fourth-order valence-electron chi connectivity index (χ4n) is 3.08. The lowest BCUT2D eigenvalue weighted by molar-refractivity contribution is -0.127. The molecule has 0 atom stereocenters. The largest absolute Gasteiger partial charge is 0.491 e. The number of ether oxygens (including phenoxy) is 1. The molecule has 0 aromatic heterocycles. The summed E-state index contributed by atoms with van der Waals surface area (Å²) in [7, 11) is 0. The van der Waals surface area contributed by atoms with Crippen LogP contribution in [-0.4, -0.2) is 34.5 Å². The molecule has 1 fully saturated rings. The maximum atomic E-state index is 13.2. The highest BCUT2D eigenvalue weighted by molar-refractivity contribution is 7.80. The first-order chi connectivity index (χ1) is 13.9. The molecule has 1 aliphatic heterocycles. The van der Waals surface area contributed by atoms with Crippen LogP contribution in [0.5, 0.6) is 5.75 Å². The van der Waals surface area contributed by atoms with Gasteiger partial charge in [0, 0.05) is 6.54 Å². The van der Waals surface area contributed by atoms with Crippen molar-refractivity contribution in [3.05, 3.63) is 65.7 Å². The van der Waals surface area contributed by atoms with E-state index in [1.807, 2.05) is 63.2 Å². The Bertz CT molecular complexity index is 936. The van der Waals surface area contributed by atoms with Gasteiger partial charge >= 0.3 is 0 Å². The van der Waals surface area contributed by atoms with Crippen molar-refractivity contribution in [2.75, 3.05) is 11.4 Å². The van der Waals surface area contributed by atoms with Gasteiger partial charge in [-0.2, -0.15) is 0 Å². The highest BCUT2D eigenvalue weighted by Crippen LogP contribution is 2.26. The Hall–Kier alpha value is -2.99. The summed E-state index contributed by atoms with van der Waals surface area (Å²) in [6.07, 6.45) is 2.42. The monoisotopic (exact) mass is 408 g/mol. The first kappa shape index (κ1) is 20.7. The molecule has 0 aliphatic carbocycles. The highest BCUT2D eigenvalue weighted by atomic mass is 32.1. The van der Waals surface area contributed by atoms with Crippen LogP contribution in [0, 0.1) is 0 Å². The number of hydrogen-bond donors (Lipinski definition) is 0. The van der Waals surface area contributed by atoms with Crippen molar-refractivity contribution in [3.8, 4) is 5.75 Å². The zero-order valence-corrected chi connectivity index (χ0v) is 17.6. The lowest BCUT2D eigenvalue weighted by Crippen LogP contribution is -2.56. The Labute approximate surface area is 176 Å². The molecule has 3 rings (SSSR count). The average molecular weight is 409 g/mol. The second-order valence-electron chi connectivity index (χ2n) is 7.01. The fraction of sp³-hybridized carbons (Fsp3) is 0.261. The molecule has 2 amide bonds. The second kappa shape index (κ2) is 9.01. The number of carbonyl (C=O) groups excluding carboxylic acids is 2. The van der Waals surface area contributed by atoms with E-state index in [2.05, 4.69) is 0 Å². The number of nitrogens with zero attached hydrogens (tertiary/aromatic N) is 2. The van der Waals surface area contributed by atoms with Crippen LogP contribution in [0.4, 0.5) is 5.69 Å². The lowest BCUT2D eigenvalue weighted by Gasteiger charge is -2.36. The van der Waals surface area contributed by atoms with E-state index >= 15 is 0 Å². The predicted molar refractivity (Wildman–Crippen MR) is 119 cm³/mol. The highest BCUT2D eigenvalue weighted by Gasteiger charge is 2.39. The van der Waals surface area contributed by atoms with Crippen LogP contribution in [-0.2, 0) is 9.59 Å². The van der Waals surface area contributed by atoms with Gasteiger partial charge in [-0.3, -0.25) is 19.4 Å². The van der Waals surface area contributed by atoms with Crippen molar-refractivity contribution in [2.24, 2.45) is 0 Å². The van der Waals surface area contributed by atoms with E-state index in [4.69, 9.17) is 17.0 Å². The van der Waals surface area contributed by atoms with Crippen LogP contribution in [0.3, 0.4) is 0 Å². The number of hydrogen-bond acceptors (Lipinski definition) is 4. The molecule has 6 heteroatoms. The molecule has 1 aliphatic rings. The smallest absolute Gasteiger partial charge is 0.270 e. The van der Waals surface area contributed by atoms with Crippen LogP contribution in [0.25, 0.3) is 6.08 Å². The zero-order chi connectivity index (χ0) is 21.0. The van der Waals surface area contributed by atoms with E-state index in [9.17, 15) is 9.59 Å². The molecule has 0 saturated carbocycles. The van der Waals surface area contributed by atoms with Crippen molar-refractivity contribution < 1.29 is 14.3 Å². The predicted octanol–water partition coefficient (Wildman–Crippen LogP) is 4.43. The minimum absolute atomic E-state index is 0.0729. The standard InChI is InChI=1S/C23H24N2O3S/c1-4-14-24-21(26)20(15-17-10-12-19(13-11-17)28-16(2)3)22(27)25(23(24)29)18-8-6-5-7-9-18/h5-13,15-16H,4,14H2,1-3H3/b20-15+. The number of amides is 2. The minimum atomic E-state index is -0.416. The van der Waals surface area contributed by atoms with Crippen molar-refractivity contribution >= 4 is 40.9 Å². The SMILES string of the molecule is CCCN1C(=O)/C(=C\c2ccc(OC(C)C)cc2)C(=O)N(c2ccccc2)C1=S. The van der Waals surface area contributed by atoms with Crippen LogP contribution in [0.15, 0.2) is 60.2 Å². The molecule has 2 aromatic rings. The van der Waals surface area contributed by atoms with E-state index in [0.29, 0.717) is 12.2 Å². The third kappa shape index (κ3) is 4.54. The van der Waals surface area contributed by atoms with Crippen LogP contribution < -0.4 is 9.64 Å². The third-order valence-corrected chi connectivity index (χ3v) is 4.76. The van der Waals surface area contributed by atoms with Crippen molar-refractivity contribution in [1.29, 1.82) is 0 Å². The fourth-order valence-corrected chi connectivity index (χ4v) is 3.44. The lowest BCUT2D eigenvalue weighted by atomic mass is 10.1. The first-order valence-electron chi connectivity index (χ1n) is 9.66. The summed E-state index contributed by atoms with van der Waals surface area (Å²) in [6.45, 7) is 6.33. The molecule has 0 radical (unpaired) electrons. The summed E-state index contributed by atoms with van der Waals surface area (Å²) < 4.78 is 5.65. The minimum Gasteiger partial charge on any atom is -0.491 e. The molecule has 0 unspecified atom stereocenters. The van der Waals surface area contributed by atoms with Crippen LogP contribution in [0.2, 0.25) is 0 Å². The molecule has 5 nitrogen and oxygen atoms in total. The summed E-state index contributed by atoms with van der Waals surface area (Å²) in [5, 5.41) is 0.214. The number of rotatable bonds is 6. The Morgan fingerprint density at radius 3 is 2.24 bits per heavy atom. The molecular weight excluding hydrogens is 384 g/mol. The normalized spacial score (nSPS) is 16.1. The van der Waals surface area contributed by atoms with Gasteiger partial charge in [-0.25, -0.2) is 0 Å². The van der Waals surface area contributed by atoms with Crippen LogP contribution >= 0.6 is 12.2 Å². The summed E-state index contributed by atoms with van der Waals surface area (Å²) in [6, 6.07) is 16.5. The van der Waals surface area contributed by atoms with Gasteiger partial charge < -0.3 is 4.74 Å². The molecule has 1 saturated heterocycles. The molecular formula is C23H24N2O3S. The van der Waals surface area contributed by atoms with Crippen LogP contribution in [0.1, 0.15) is 32.8 Å². The molecule has 0 spiro atoms. The summed E-state index contributed by atoms with van der Waals surface area (Å²) in [5.41, 5.74) is 1.48. The number of carbonyl (C=O) groups is 2. The van der Waals surface area contributed by atoms with Gasteiger partial charge in [0.1, 0.15) is 11.3 Å². The number of anilines is 1. The van der Waals surface area contributed by atoms with Crippen molar-refractivity contribution in [2.45, 2.75) is 33.3 Å². The van der Waals surface area contributed by atoms with Gasteiger partial charge in [-0.1, -0.05) is 37.3 Å². The Morgan fingerprint density at radius 2 is 1.66 bits per heavy atom. The summed E-state index contributed by atoms with van der Waals surface area (Å²) in [5.74, 6) is -0.0410. The van der Waals surface area contributed by atoms with Gasteiger partial charge in [-0.15, -0.1) is 0 Å². The van der Waals surface area contributed by atoms with E-state index < -0.39 is 5.91 Å². The summed E-state index contributed by atoms with van der Waals surface area (Å²) in [4.78, 5) is 29.2. The molecule has 150 valence electrons. The van der Waals surface area contributed by atoms with E-state index in [0.717, 1.165) is 17.7 Å². The molecule has 1 heterocycles. The average Bonchev–Trinajstić information content (AvgIpc) is 2.70. The van der Waals surface area contributed by atoms with Gasteiger partial charge in [0.2, 0.25) is 0 Å². The summed E-state index contributed by atoms with van der Waals surface area (Å²) >= 11 is 5.49. The quantitative estimate of drug-likeness (QED) is 0.403.